The number of rotatable bonds is 6. The van der Waals surface area contributed by atoms with E-state index in [-0.39, 0.29) is 0 Å². The molecule has 3 fully saturated rings. The van der Waals surface area contributed by atoms with Crippen molar-refractivity contribution in [1.29, 1.82) is 0 Å². The van der Waals surface area contributed by atoms with Crippen LogP contribution in [0.25, 0.3) is 0 Å². The highest BCUT2D eigenvalue weighted by Gasteiger charge is 2.20. The van der Waals surface area contributed by atoms with E-state index in [1.165, 1.54) is 64.2 Å². The fraction of sp³-hybridized carbons (Fsp3) is 0.625. The van der Waals surface area contributed by atoms with Crippen LogP contribution >= 0.6 is 0 Å². The van der Waals surface area contributed by atoms with E-state index in [0.717, 1.165) is 35.5 Å². The Kier molecular flexibility index (Phi) is 23.1. The Bertz CT molecular complexity index is 383. The van der Waals surface area contributed by atoms with Gasteiger partial charge in [-0.25, -0.2) is 0 Å². The van der Waals surface area contributed by atoms with Crippen molar-refractivity contribution in [3.05, 3.63) is 75.9 Å². The molecule has 0 amide bonds. The Hall–Kier alpha value is -1.56. The number of hydrogen-bond donors (Lipinski definition) is 0. The summed E-state index contributed by atoms with van der Waals surface area (Å²) in [6.45, 7) is 30.9. The van der Waals surface area contributed by atoms with E-state index < -0.39 is 0 Å². The van der Waals surface area contributed by atoms with Gasteiger partial charge in [-0.3, -0.25) is 0 Å². The van der Waals surface area contributed by atoms with Crippen molar-refractivity contribution in [3.63, 3.8) is 0 Å². The smallest absolute Gasteiger partial charge is 0.0230 e. The van der Waals surface area contributed by atoms with E-state index in [0.29, 0.717) is 0 Å². The van der Waals surface area contributed by atoms with Crippen molar-refractivity contribution >= 4 is 0 Å². The minimum absolute atomic E-state index is 0.771. The molecule has 0 bridgehead atoms. The normalized spacial score (nSPS) is 29.6. The molecular weight excluding hydrogens is 384 g/mol. The van der Waals surface area contributed by atoms with E-state index in [1.54, 1.807) is 0 Å². The maximum atomic E-state index is 3.78. The summed E-state index contributed by atoms with van der Waals surface area (Å²) in [5, 5.41) is 0. The third-order valence-electron chi connectivity index (χ3n) is 6.54. The fourth-order valence-electron chi connectivity index (χ4n) is 4.44. The SMILES string of the molecule is C=CC1CCC(C=C)C1.C=CC1CCC(C=C)C1.C=CC1CCC(C=C)C1.CC.CCC. The molecule has 0 heteroatoms. The van der Waals surface area contributed by atoms with Crippen LogP contribution in [-0.2, 0) is 0 Å². The Balaban J connectivity index is 0. The van der Waals surface area contributed by atoms with Crippen LogP contribution in [0.2, 0.25) is 0 Å². The maximum Gasteiger partial charge on any atom is -0.0230 e. The van der Waals surface area contributed by atoms with Gasteiger partial charge in [0.1, 0.15) is 0 Å². The van der Waals surface area contributed by atoms with Crippen molar-refractivity contribution in [2.45, 2.75) is 91.9 Å². The van der Waals surface area contributed by atoms with Gasteiger partial charge >= 0.3 is 0 Å². The molecule has 3 rings (SSSR count). The second-order valence-corrected chi connectivity index (χ2v) is 9.12. The monoisotopic (exact) mass is 440 g/mol. The van der Waals surface area contributed by atoms with Gasteiger partial charge in [-0.05, 0) is 93.3 Å². The van der Waals surface area contributed by atoms with E-state index in [1.807, 2.05) is 13.8 Å². The average molecular weight is 441 g/mol. The van der Waals surface area contributed by atoms with Gasteiger partial charge in [0.2, 0.25) is 0 Å². The topological polar surface area (TPSA) is 0 Å². The first-order chi connectivity index (χ1) is 15.5. The summed E-state index contributed by atoms with van der Waals surface area (Å²) < 4.78 is 0. The van der Waals surface area contributed by atoms with Crippen molar-refractivity contribution in [1.82, 2.24) is 0 Å². The van der Waals surface area contributed by atoms with Crippen molar-refractivity contribution < 1.29 is 0 Å². The maximum absolute atomic E-state index is 3.78. The molecule has 3 aliphatic carbocycles. The molecule has 3 aliphatic rings. The van der Waals surface area contributed by atoms with Crippen molar-refractivity contribution in [2.24, 2.45) is 35.5 Å². The first-order valence-corrected chi connectivity index (χ1v) is 13.3. The molecule has 0 aromatic heterocycles. The minimum atomic E-state index is 0.771. The standard InChI is InChI=1S/3C9H14.C3H8.C2H6/c3*1-3-8-5-6-9(4-2)7-8;1-3-2;1-2/h3*3-4,8-9H,1-2,5-7H2;3H2,1-2H3;1-2H3. The molecule has 0 radical (unpaired) electrons. The molecule has 0 aliphatic heterocycles. The molecule has 0 heterocycles. The van der Waals surface area contributed by atoms with Crippen molar-refractivity contribution in [2.75, 3.05) is 0 Å². The summed E-state index contributed by atoms with van der Waals surface area (Å²) in [6.07, 6.45) is 25.5. The quantitative estimate of drug-likeness (QED) is 0.360. The number of allylic oxidation sites excluding steroid dienone is 6. The molecule has 6 atom stereocenters. The fourth-order valence-corrected chi connectivity index (χ4v) is 4.44. The minimum Gasteiger partial charge on any atom is -0.103 e. The molecule has 0 nitrogen and oxygen atoms in total. The zero-order valence-electron chi connectivity index (χ0n) is 22.2. The molecule has 184 valence electrons. The predicted molar refractivity (Wildman–Crippen MR) is 151 cm³/mol. The van der Waals surface area contributed by atoms with Gasteiger partial charge in [-0.2, -0.15) is 0 Å². The van der Waals surface area contributed by atoms with Gasteiger partial charge < -0.3 is 0 Å². The molecule has 0 aromatic carbocycles. The Labute approximate surface area is 203 Å². The zero-order valence-corrected chi connectivity index (χ0v) is 22.2. The van der Waals surface area contributed by atoms with E-state index in [2.05, 4.69) is 89.8 Å². The van der Waals surface area contributed by atoms with Crippen LogP contribution in [0.3, 0.4) is 0 Å². The van der Waals surface area contributed by atoms with E-state index >= 15 is 0 Å². The van der Waals surface area contributed by atoms with Crippen LogP contribution in [0.5, 0.6) is 0 Å². The molecule has 0 aromatic rings. The largest absolute Gasteiger partial charge is 0.103 e. The van der Waals surface area contributed by atoms with Crippen LogP contribution < -0.4 is 0 Å². The molecule has 0 N–H and O–H groups in total. The van der Waals surface area contributed by atoms with Crippen LogP contribution in [0, 0.1) is 35.5 Å². The van der Waals surface area contributed by atoms with Crippen LogP contribution in [0.1, 0.15) is 91.9 Å². The van der Waals surface area contributed by atoms with Gasteiger partial charge in [0.05, 0.1) is 0 Å². The third kappa shape index (κ3) is 15.3. The zero-order chi connectivity index (χ0) is 24.8. The van der Waals surface area contributed by atoms with E-state index in [4.69, 9.17) is 0 Å². The lowest BCUT2D eigenvalue weighted by Crippen LogP contribution is -1.88. The number of hydrogen-bond acceptors (Lipinski definition) is 0. The van der Waals surface area contributed by atoms with Gasteiger partial charge in [-0.15, -0.1) is 39.5 Å². The molecule has 0 spiro atoms. The summed E-state index contributed by atoms with van der Waals surface area (Å²) >= 11 is 0. The molecule has 6 unspecified atom stereocenters. The van der Waals surface area contributed by atoms with Crippen LogP contribution in [-0.4, -0.2) is 0 Å². The summed E-state index contributed by atoms with van der Waals surface area (Å²) in [5.74, 6) is 4.63. The Morgan fingerprint density at radius 1 is 0.438 bits per heavy atom. The molecule has 32 heavy (non-hydrogen) atoms. The predicted octanol–water partition coefficient (Wildman–Crippen LogP) is 10.8. The lowest BCUT2D eigenvalue weighted by Gasteiger charge is -1.99. The summed E-state index contributed by atoms with van der Waals surface area (Å²) in [7, 11) is 0. The Morgan fingerprint density at radius 2 is 0.562 bits per heavy atom. The highest BCUT2D eigenvalue weighted by molar-refractivity contribution is 4.94. The molecule has 0 saturated heterocycles. The van der Waals surface area contributed by atoms with Crippen LogP contribution in [0.4, 0.5) is 0 Å². The first kappa shape index (κ1) is 32.6. The summed E-state index contributed by atoms with van der Waals surface area (Å²) in [5.41, 5.74) is 0. The summed E-state index contributed by atoms with van der Waals surface area (Å²) in [6, 6.07) is 0. The third-order valence-corrected chi connectivity index (χ3v) is 6.54. The van der Waals surface area contributed by atoms with Gasteiger partial charge in [-0.1, -0.05) is 70.6 Å². The highest BCUT2D eigenvalue weighted by atomic mass is 14.3. The second-order valence-electron chi connectivity index (χ2n) is 9.12. The van der Waals surface area contributed by atoms with Crippen LogP contribution in [0.15, 0.2) is 75.9 Å². The highest BCUT2D eigenvalue weighted by Crippen LogP contribution is 2.33. The lowest BCUT2D eigenvalue weighted by atomic mass is 10.1. The van der Waals surface area contributed by atoms with E-state index in [9.17, 15) is 0 Å². The molecule has 3 saturated carbocycles. The average Bonchev–Trinajstić information content (AvgIpc) is 3.61. The second kappa shape index (κ2) is 22.6. The Morgan fingerprint density at radius 3 is 0.625 bits per heavy atom. The first-order valence-electron chi connectivity index (χ1n) is 13.3. The van der Waals surface area contributed by atoms with Gasteiger partial charge in [0.25, 0.3) is 0 Å². The summed E-state index contributed by atoms with van der Waals surface area (Å²) in [4.78, 5) is 0. The van der Waals surface area contributed by atoms with Gasteiger partial charge in [0.15, 0.2) is 0 Å². The molecular formula is C32H56. The van der Waals surface area contributed by atoms with Gasteiger partial charge in [0, 0.05) is 0 Å². The van der Waals surface area contributed by atoms with Crippen molar-refractivity contribution in [3.8, 4) is 0 Å². The lowest BCUT2D eigenvalue weighted by molar-refractivity contribution is 0.641.